The van der Waals surface area contributed by atoms with Gasteiger partial charge in [-0.1, -0.05) is 11.6 Å². The number of carbonyl (C=O) groups excluding carboxylic acids is 1. The second-order valence-corrected chi connectivity index (χ2v) is 5.53. The number of halogens is 1. The van der Waals surface area contributed by atoms with Crippen LogP contribution < -0.4 is 4.74 Å². The quantitative estimate of drug-likeness (QED) is 0.902. The molecule has 0 aromatic heterocycles. The van der Waals surface area contributed by atoms with Crippen LogP contribution >= 0.6 is 11.6 Å². The maximum atomic E-state index is 12.4. The zero-order chi connectivity index (χ0) is 14.3. The van der Waals surface area contributed by atoms with Crippen molar-refractivity contribution < 1.29 is 19.4 Å². The van der Waals surface area contributed by atoms with Crippen molar-refractivity contribution in [2.75, 3.05) is 6.54 Å². The molecule has 1 saturated heterocycles. The van der Waals surface area contributed by atoms with E-state index in [1.54, 1.807) is 18.2 Å². The summed E-state index contributed by atoms with van der Waals surface area (Å²) < 4.78 is 5.62. The van der Waals surface area contributed by atoms with Gasteiger partial charge in [-0.05, 0) is 36.6 Å². The number of likely N-dealkylation sites (tertiary alicyclic amines) is 1. The number of hydrogen-bond acceptors (Lipinski definition) is 3. The Labute approximate surface area is 121 Å². The second-order valence-electron chi connectivity index (χ2n) is 5.09. The van der Waals surface area contributed by atoms with Crippen molar-refractivity contribution in [1.29, 1.82) is 0 Å². The van der Waals surface area contributed by atoms with Gasteiger partial charge in [-0.25, -0.2) is 4.79 Å². The van der Waals surface area contributed by atoms with Gasteiger partial charge in [0.1, 0.15) is 11.8 Å². The molecule has 1 fully saturated rings. The minimum absolute atomic E-state index is 0.248. The Hall–Kier alpha value is -1.75. The Kier molecular flexibility index (Phi) is 3.30. The predicted octanol–water partition coefficient (Wildman–Crippen LogP) is 1.72. The summed E-state index contributed by atoms with van der Waals surface area (Å²) in [6.45, 7) is 0.479. The Morgan fingerprint density at radius 3 is 2.95 bits per heavy atom. The number of rotatable bonds is 2. The molecule has 5 nitrogen and oxygen atoms in total. The van der Waals surface area contributed by atoms with Crippen LogP contribution in [0.15, 0.2) is 18.2 Å². The standard InChI is InChI=1S/C14H14ClNO4/c15-9-3-4-11-8(6-9)7-12(20-11)13(17)16-5-1-2-10(16)14(18)19/h3-4,6,10,12H,1-2,5,7H2,(H,18,19)/t10-,12?/m0/s1. The highest BCUT2D eigenvalue weighted by Gasteiger charge is 2.40. The molecular weight excluding hydrogens is 282 g/mol. The number of hydrogen-bond donors (Lipinski definition) is 1. The SMILES string of the molecule is O=C(O)[C@@H]1CCCN1C(=O)C1Cc2cc(Cl)ccc2O1. The van der Waals surface area contributed by atoms with E-state index >= 15 is 0 Å². The van der Waals surface area contributed by atoms with Crippen molar-refractivity contribution in [3.05, 3.63) is 28.8 Å². The van der Waals surface area contributed by atoms with Gasteiger partial charge in [-0.3, -0.25) is 4.79 Å². The number of nitrogens with zero attached hydrogens (tertiary/aromatic N) is 1. The first-order chi connectivity index (χ1) is 9.56. The van der Waals surface area contributed by atoms with Crippen LogP contribution in [0.4, 0.5) is 0 Å². The molecule has 1 amide bonds. The maximum absolute atomic E-state index is 12.4. The highest BCUT2D eigenvalue weighted by molar-refractivity contribution is 6.30. The number of carbonyl (C=O) groups is 2. The third-order valence-electron chi connectivity index (χ3n) is 3.79. The first kappa shape index (κ1) is 13.2. The van der Waals surface area contributed by atoms with E-state index in [1.165, 1.54) is 4.90 Å². The Morgan fingerprint density at radius 2 is 2.20 bits per heavy atom. The monoisotopic (exact) mass is 295 g/mol. The normalized spacial score (nSPS) is 24.4. The lowest BCUT2D eigenvalue weighted by Crippen LogP contribution is -2.46. The van der Waals surface area contributed by atoms with E-state index in [2.05, 4.69) is 0 Å². The highest BCUT2D eigenvalue weighted by atomic mass is 35.5. The van der Waals surface area contributed by atoms with E-state index in [4.69, 9.17) is 21.4 Å². The molecule has 0 saturated carbocycles. The first-order valence-corrected chi connectivity index (χ1v) is 6.92. The van der Waals surface area contributed by atoms with E-state index in [0.717, 1.165) is 5.56 Å². The number of carboxylic acids is 1. The molecule has 0 aliphatic carbocycles. The van der Waals surface area contributed by atoms with Crippen molar-refractivity contribution in [3.8, 4) is 5.75 Å². The van der Waals surface area contributed by atoms with E-state index in [9.17, 15) is 9.59 Å². The minimum Gasteiger partial charge on any atom is -0.480 e. The maximum Gasteiger partial charge on any atom is 0.326 e. The van der Waals surface area contributed by atoms with Gasteiger partial charge in [-0.15, -0.1) is 0 Å². The Morgan fingerprint density at radius 1 is 1.40 bits per heavy atom. The molecule has 20 heavy (non-hydrogen) atoms. The summed E-state index contributed by atoms with van der Waals surface area (Å²) in [5, 5.41) is 9.74. The molecule has 1 unspecified atom stereocenters. The molecule has 1 aromatic rings. The van der Waals surface area contributed by atoms with Crippen LogP contribution in [0.3, 0.4) is 0 Å². The van der Waals surface area contributed by atoms with E-state index in [0.29, 0.717) is 36.6 Å². The summed E-state index contributed by atoms with van der Waals surface area (Å²) in [6, 6.07) is 4.51. The predicted molar refractivity (Wildman–Crippen MR) is 71.9 cm³/mol. The van der Waals surface area contributed by atoms with Crippen molar-refractivity contribution in [2.24, 2.45) is 0 Å². The van der Waals surface area contributed by atoms with Crippen LogP contribution in [0.25, 0.3) is 0 Å². The summed E-state index contributed by atoms with van der Waals surface area (Å²) >= 11 is 5.91. The van der Waals surface area contributed by atoms with Gasteiger partial charge in [-0.2, -0.15) is 0 Å². The molecule has 106 valence electrons. The number of fused-ring (bicyclic) bond motifs is 1. The van der Waals surface area contributed by atoms with Crippen molar-refractivity contribution in [2.45, 2.75) is 31.4 Å². The average Bonchev–Trinajstić information content (AvgIpc) is 3.03. The fraction of sp³-hybridized carbons (Fsp3) is 0.429. The largest absolute Gasteiger partial charge is 0.480 e. The van der Waals surface area contributed by atoms with Crippen LogP contribution in [0.1, 0.15) is 18.4 Å². The number of ether oxygens (including phenoxy) is 1. The van der Waals surface area contributed by atoms with Crippen molar-refractivity contribution in [3.63, 3.8) is 0 Å². The summed E-state index contributed by atoms with van der Waals surface area (Å²) in [5.74, 6) is -0.546. The highest BCUT2D eigenvalue weighted by Crippen LogP contribution is 2.32. The molecule has 0 spiro atoms. The van der Waals surface area contributed by atoms with Gasteiger partial charge in [0.05, 0.1) is 0 Å². The first-order valence-electron chi connectivity index (χ1n) is 6.54. The third kappa shape index (κ3) is 2.22. The lowest BCUT2D eigenvalue weighted by molar-refractivity contribution is -0.150. The van der Waals surface area contributed by atoms with Crippen LogP contribution in [-0.2, 0) is 16.0 Å². The molecule has 2 atom stereocenters. The van der Waals surface area contributed by atoms with Gasteiger partial charge >= 0.3 is 5.97 Å². The van der Waals surface area contributed by atoms with E-state index in [-0.39, 0.29) is 5.91 Å². The van der Waals surface area contributed by atoms with Gasteiger partial charge in [0.15, 0.2) is 6.10 Å². The number of carboxylic acid groups (broad SMARTS) is 1. The van der Waals surface area contributed by atoms with Crippen LogP contribution in [0.5, 0.6) is 5.75 Å². The Balaban J connectivity index is 1.75. The van der Waals surface area contributed by atoms with E-state index < -0.39 is 18.1 Å². The minimum atomic E-state index is -0.950. The molecule has 0 radical (unpaired) electrons. The van der Waals surface area contributed by atoms with Crippen molar-refractivity contribution >= 4 is 23.5 Å². The van der Waals surface area contributed by atoms with Gasteiger partial charge in [0.2, 0.25) is 0 Å². The molecule has 0 bridgehead atoms. The molecular formula is C14H14ClNO4. The fourth-order valence-corrected chi connectivity index (χ4v) is 3.02. The third-order valence-corrected chi connectivity index (χ3v) is 4.03. The molecule has 3 rings (SSSR count). The molecule has 6 heteroatoms. The molecule has 2 heterocycles. The number of benzene rings is 1. The summed E-state index contributed by atoms with van der Waals surface area (Å²) in [7, 11) is 0. The van der Waals surface area contributed by atoms with E-state index in [1.807, 2.05) is 0 Å². The summed E-state index contributed by atoms with van der Waals surface area (Å²) in [4.78, 5) is 25.0. The lowest BCUT2D eigenvalue weighted by atomic mass is 10.1. The molecule has 1 aromatic carbocycles. The van der Waals surface area contributed by atoms with Crippen LogP contribution in [0, 0.1) is 0 Å². The smallest absolute Gasteiger partial charge is 0.326 e. The van der Waals surface area contributed by atoms with Crippen LogP contribution in [-0.4, -0.2) is 40.6 Å². The summed E-state index contributed by atoms with van der Waals surface area (Å²) in [5.41, 5.74) is 0.891. The fourth-order valence-electron chi connectivity index (χ4n) is 2.83. The lowest BCUT2D eigenvalue weighted by Gasteiger charge is -2.24. The van der Waals surface area contributed by atoms with Crippen molar-refractivity contribution in [1.82, 2.24) is 4.90 Å². The second kappa shape index (κ2) is 4.98. The molecule has 1 N–H and O–H groups in total. The number of aliphatic carboxylic acids is 1. The zero-order valence-corrected chi connectivity index (χ0v) is 11.5. The van der Waals surface area contributed by atoms with Gasteiger partial charge in [0, 0.05) is 18.0 Å². The van der Waals surface area contributed by atoms with Crippen LogP contribution in [0.2, 0.25) is 5.02 Å². The molecule has 2 aliphatic rings. The van der Waals surface area contributed by atoms with Gasteiger partial charge < -0.3 is 14.7 Å². The summed E-state index contributed by atoms with van der Waals surface area (Å²) in [6.07, 6.45) is 1.03. The number of amides is 1. The van der Waals surface area contributed by atoms with Gasteiger partial charge in [0.25, 0.3) is 5.91 Å². The molecule has 2 aliphatic heterocycles. The topological polar surface area (TPSA) is 66.8 Å². The zero-order valence-electron chi connectivity index (χ0n) is 10.7. The average molecular weight is 296 g/mol. The Bertz CT molecular complexity index is 574.